The van der Waals surface area contributed by atoms with Crippen molar-refractivity contribution in [3.8, 4) is 0 Å². The van der Waals surface area contributed by atoms with Crippen LogP contribution in [0.5, 0.6) is 0 Å². The third-order valence-electron chi connectivity index (χ3n) is 3.70. The van der Waals surface area contributed by atoms with Gasteiger partial charge in [0.1, 0.15) is 0 Å². The summed E-state index contributed by atoms with van der Waals surface area (Å²) in [5.41, 5.74) is 2.83. The molecule has 1 aliphatic heterocycles. The van der Waals surface area contributed by atoms with Crippen LogP contribution in [0.15, 0.2) is 36.4 Å². The molecule has 3 heteroatoms. The summed E-state index contributed by atoms with van der Waals surface area (Å²) in [6.07, 6.45) is 0. The van der Waals surface area contributed by atoms with E-state index in [1.807, 2.05) is 0 Å². The van der Waals surface area contributed by atoms with Crippen molar-refractivity contribution in [2.75, 3.05) is 26.3 Å². The molecule has 1 heterocycles. The number of aryl methyl sites for hydroxylation is 1. The van der Waals surface area contributed by atoms with Gasteiger partial charge in [-0.3, -0.25) is 4.90 Å². The summed E-state index contributed by atoms with van der Waals surface area (Å²) in [6.45, 7) is 7.08. The fourth-order valence-electron chi connectivity index (χ4n) is 2.57. The molecule has 3 rings (SSSR count). The molecule has 0 aromatic heterocycles. The van der Waals surface area contributed by atoms with Crippen molar-refractivity contribution in [2.45, 2.75) is 13.5 Å². The lowest BCUT2D eigenvalue weighted by Gasteiger charge is -2.27. The average Bonchev–Trinajstić information content (AvgIpc) is 2.41. The molecule has 1 saturated heterocycles. The highest BCUT2D eigenvalue weighted by Gasteiger charge is 2.12. The van der Waals surface area contributed by atoms with E-state index in [1.54, 1.807) is 0 Å². The first kappa shape index (κ1) is 14.3. The molecule has 102 valence electrons. The highest BCUT2D eigenvalue weighted by molar-refractivity contribution is 5.85. The minimum Gasteiger partial charge on any atom is -0.379 e. The summed E-state index contributed by atoms with van der Waals surface area (Å²) in [5, 5.41) is 2.67. The van der Waals surface area contributed by atoms with Crippen molar-refractivity contribution in [3.63, 3.8) is 0 Å². The number of morpholine rings is 1. The Bertz CT molecular complexity index is 549. The number of benzene rings is 2. The highest BCUT2D eigenvalue weighted by Crippen LogP contribution is 2.21. The number of rotatable bonds is 2. The molecule has 0 saturated carbocycles. The SMILES string of the molecule is Cc1cc2ccccc2cc1CN1CCOCC1.Cl. The van der Waals surface area contributed by atoms with Crippen LogP contribution in [0.4, 0.5) is 0 Å². The maximum absolute atomic E-state index is 5.40. The minimum atomic E-state index is 0. The van der Waals surface area contributed by atoms with E-state index >= 15 is 0 Å². The lowest BCUT2D eigenvalue weighted by molar-refractivity contribution is 0.0341. The van der Waals surface area contributed by atoms with E-state index in [9.17, 15) is 0 Å². The monoisotopic (exact) mass is 277 g/mol. The van der Waals surface area contributed by atoms with Gasteiger partial charge in [0.05, 0.1) is 13.2 Å². The van der Waals surface area contributed by atoms with Crippen molar-refractivity contribution in [3.05, 3.63) is 47.5 Å². The second-order valence-electron chi connectivity index (χ2n) is 5.01. The van der Waals surface area contributed by atoms with Crippen molar-refractivity contribution >= 4 is 23.2 Å². The number of hydrogen-bond donors (Lipinski definition) is 0. The Morgan fingerprint density at radius 1 is 1.05 bits per heavy atom. The van der Waals surface area contributed by atoms with Crippen LogP contribution >= 0.6 is 12.4 Å². The number of nitrogens with zero attached hydrogens (tertiary/aromatic N) is 1. The second kappa shape index (κ2) is 6.38. The summed E-state index contributed by atoms with van der Waals surface area (Å²) in [5.74, 6) is 0. The topological polar surface area (TPSA) is 12.5 Å². The van der Waals surface area contributed by atoms with Gasteiger partial charge in [-0.2, -0.15) is 0 Å². The second-order valence-corrected chi connectivity index (χ2v) is 5.01. The maximum Gasteiger partial charge on any atom is 0.0594 e. The van der Waals surface area contributed by atoms with E-state index in [1.165, 1.54) is 21.9 Å². The summed E-state index contributed by atoms with van der Waals surface area (Å²) in [6, 6.07) is 13.2. The molecule has 0 unspecified atom stereocenters. The molecule has 0 N–H and O–H groups in total. The Hall–Kier alpha value is -1.09. The van der Waals surface area contributed by atoms with E-state index in [0.717, 1.165) is 32.8 Å². The van der Waals surface area contributed by atoms with Crippen molar-refractivity contribution < 1.29 is 4.74 Å². The Kier molecular flexibility index (Phi) is 4.81. The fraction of sp³-hybridized carbons (Fsp3) is 0.375. The molecule has 1 aliphatic rings. The summed E-state index contributed by atoms with van der Waals surface area (Å²) < 4.78 is 5.40. The van der Waals surface area contributed by atoms with Crippen molar-refractivity contribution in [1.29, 1.82) is 0 Å². The Balaban J connectivity index is 0.00000133. The predicted octanol–water partition coefficient (Wildman–Crippen LogP) is 3.40. The van der Waals surface area contributed by atoms with Crippen LogP contribution in [0.1, 0.15) is 11.1 Å². The van der Waals surface area contributed by atoms with Gasteiger partial charge in [-0.05, 0) is 34.9 Å². The molecule has 0 spiro atoms. The highest BCUT2D eigenvalue weighted by atomic mass is 35.5. The summed E-state index contributed by atoms with van der Waals surface area (Å²) in [7, 11) is 0. The number of fused-ring (bicyclic) bond motifs is 1. The van der Waals surface area contributed by atoms with Crippen LogP contribution in [-0.4, -0.2) is 31.2 Å². The van der Waals surface area contributed by atoms with E-state index in [0.29, 0.717) is 0 Å². The van der Waals surface area contributed by atoms with Crippen LogP contribution in [0.25, 0.3) is 10.8 Å². The van der Waals surface area contributed by atoms with Crippen LogP contribution in [-0.2, 0) is 11.3 Å². The maximum atomic E-state index is 5.40. The lowest BCUT2D eigenvalue weighted by Crippen LogP contribution is -2.35. The van der Waals surface area contributed by atoms with Gasteiger partial charge < -0.3 is 4.74 Å². The molecule has 2 aromatic carbocycles. The van der Waals surface area contributed by atoms with Gasteiger partial charge in [-0.15, -0.1) is 12.4 Å². The van der Waals surface area contributed by atoms with E-state index in [4.69, 9.17) is 4.74 Å². The van der Waals surface area contributed by atoms with Gasteiger partial charge in [0, 0.05) is 19.6 Å². The minimum absolute atomic E-state index is 0. The zero-order chi connectivity index (χ0) is 12.4. The number of halogens is 1. The predicted molar refractivity (Wildman–Crippen MR) is 82.0 cm³/mol. The van der Waals surface area contributed by atoms with E-state index in [2.05, 4.69) is 48.2 Å². The first-order valence-corrected chi connectivity index (χ1v) is 6.61. The summed E-state index contributed by atoms with van der Waals surface area (Å²) in [4.78, 5) is 2.47. The van der Waals surface area contributed by atoms with E-state index in [-0.39, 0.29) is 12.4 Å². The molecule has 0 amide bonds. The molecular weight excluding hydrogens is 258 g/mol. The van der Waals surface area contributed by atoms with Crippen LogP contribution < -0.4 is 0 Å². The standard InChI is InChI=1S/C16H19NO.ClH/c1-13-10-14-4-2-3-5-15(14)11-16(13)12-17-6-8-18-9-7-17;/h2-5,10-11H,6-9,12H2,1H3;1H. The molecule has 19 heavy (non-hydrogen) atoms. The third kappa shape index (κ3) is 3.27. The molecule has 0 atom stereocenters. The zero-order valence-corrected chi connectivity index (χ0v) is 12.1. The largest absolute Gasteiger partial charge is 0.379 e. The van der Waals surface area contributed by atoms with Crippen LogP contribution in [0.2, 0.25) is 0 Å². The van der Waals surface area contributed by atoms with E-state index < -0.39 is 0 Å². The normalized spacial score (nSPS) is 16.3. The van der Waals surface area contributed by atoms with Crippen molar-refractivity contribution in [1.82, 2.24) is 4.90 Å². The molecule has 0 radical (unpaired) electrons. The molecular formula is C16H20ClNO. The first-order chi connectivity index (χ1) is 8.83. The average molecular weight is 278 g/mol. The van der Waals surface area contributed by atoms with Gasteiger partial charge in [0.2, 0.25) is 0 Å². The van der Waals surface area contributed by atoms with Gasteiger partial charge in [-0.25, -0.2) is 0 Å². The quantitative estimate of drug-likeness (QED) is 0.834. The molecule has 1 fully saturated rings. The van der Waals surface area contributed by atoms with Crippen molar-refractivity contribution in [2.24, 2.45) is 0 Å². The van der Waals surface area contributed by atoms with Gasteiger partial charge in [-0.1, -0.05) is 30.3 Å². The smallest absolute Gasteiger partial charge is 0.0594 e. The molecule has 0 bridgehead atoms. The van der Waals surface area contributed by atoms with Crippen LogP contribution in [0, 0.1) is 6.92 Å². The van der Waals surface area contributed by atoms with Gasteiger partial charge in [0.15, 0.2) is 0 Å². The Morgan fingerprint density at radius 2 is 1.68 bits per heavy atom. The summed E-state index contributed by atoms with van der Waals surface area (Å²) >= 11 is 0. The Morgan fingerprint density at radius 3 is 2.37 bits per heavy atom. The first-order valence-electron chi connectivity index (χ1n) is 6.61. The Labute approximate surface area is 120 Å². The van der Waals surface area contributed by atoms with Crippen LogP contribution in [0.3, 0.4) is 0 Å². The van der Waals surface area contributed by atoms with Gasteiger partial charge in [0.25, 0.3) is 0 Å². The molecule has 2 nitrogen and oxygen atoms in total. The third-order valence-corrected chi connectivity index (χ3v) is 3.70. The van der Waals surface area contributed by atoms with Gasteiger partial charge >= 0.3 is 0 Å². The number of hydrogen-bond acceptors (Lipinski definition) is 2. The fourth-order valence-corrected chi connectivity index (χ4v) is 2.57. The number of ether oxygens (including phenoxy) is 1. The molecule has 2 aromatic rings. The zero-order valence-electron chi connectivity index (χ0n) is 11.3. The molecule has 0 aliphatic carbocycles. The lowest BCUT2D eigenvalue weighted by atomic mass is 10.0.